The molecule has 0 saturated carbocycles. The monoisotopic (exact) mass is 399 g/mol. The maximum atomic E-state index is 13.3. The Hall–Kier alpha value is -2.87. The zero-order valence-corrected chi connectivity index (χ0v) is 16.5. The number of rotatable bonds is 4. The van der Waals surface area contributed by atoms with Gasteiger partial charge < -0.3 is 15.4 Å². The molecule has 146 valence electrons. The van der Waals surface area contributed by atoms with Gasteiger partial charge >= 0.3 is 6.03 Å². The number of carbonyl (C=O) groups is 3. The molecule has 0 radical (unpaired) electrons. The van der Waals surface area contributed by atoms with Crippen LogP contribution < -0.4 is 15.4 Å². The summed E-state index contributed by atoms with van der Waals surface area (Å²) in [7, 11) is 1.51. The molecular weight excluding hydrogens is 378 g/mol. The van der Waals surface area contributed by atoms with Crippen LogP contribution in [0.3, 0.4) is 0 Å². The van der Waals surface area contributed by atoms with Crippen LogP contribution in [0.15, 0.2) is 35.7 Å². The average molecular weight is 399 g/mol. The molecule has 1 aromatic heterocycles. The van der Waals surface area contributed by atoms with Crippen LogP contribution in [-0.2, 0) is 21.5 Å². The molecule has 2 aliphatic rings. The normalized spacial score (nSPS) is 22.0. The highest BCUT2D eigenvalue weighted by atomic mass is 32.1. The number of methoxy groups -OCH3 is 1. The maximum absolute atomic E-state index is 13.3. The molecule has 0 unspecified atom stereocenters. The Morgan fingerprint density at radius 2 is 2.11 bits per heavy atom. The van der Waals surface area contributed by atoms with Crippen molar-refractivity contribution in [3.05, 3.63) is 46.2 Å². The summed E-state index contributed by atoms with van der Waals surface area (Å²) in [4.78, 5) is 41.0. The number of carbonyl (C=O) groups excluding carboxylic acids is 3. The van der Waals surface area contributed by atoms with Gasteiger partial charge in [-0.1, -0.05) is 12.1 Å². The van der Waals surface area contributed by atoms with Crippen molar-refractivity contribution in [1.82, 2.24) is 10.2 Å². The van der Waals surface area contributed by atoms with Crippen molar-refractivity contribution in [1.29, 1.82) is 0 Å². The summed E-state index contributed by atoms with van der Waals surface area (Å²) in [5, 5.41) is 7.56. The van der Waals surface area contributed by atoms with E-state index >= 15 is 0 Å². The maximum Gasteiger partial charge on any atom is 0.326 e. The highest BCUT2D eigenvalue weighted by Gasteiger charge is 2.56. The molecular formula is C20H21N3O4S. The van der Waals surface area contributed by atoms with Gasteiger partial charge in [-0.05, 0) is 49.8 Å². The van der Waals surface area contributed by atoms with E-state index in [1.165, 1.54) is 7.11 Å². The second-order valence-corrected chi connectivity index (χ2v) is 7.99. The predicted octanol–water partition coefficient (Wildman–Crippen LogP) is 2.87. The first-order valence-electron chi connectivity index (χ1n) is 9.14. The fourth-order valence-corrected chi connectivity index (χ4v) is 4.96. The van der Waals surface area contributed by atoms with Crippen molar-refractivity contribution in [3.63, 3.8) is 0 Å². The van der Waals surface area contributed by atoms with E-state index in [9.17, 15) is 14.4 Å². The lowest BCUT2D eigenvalue weighted by Crippen LogP contribution is -2.49. The predicted molar refractivity (Wildman–Crippen MR) is 105 cm³/mol. The number of nitrogens with zero attached hydrogens (tertiary/aromatic N) is 1. The number of aryl methyl sites for hydroxylation is 1. The number of urea groups is 1. The van der Waals surface area contributed by atoms with Crippen molar-refractivity contribution in [2.24, 2.45) is 0 Å². The molecule has 1 aliphatic carbocycles. The lowest BCUT2D eigenvalue weighted by atomic mass is 9.80. The third-order valence-electron chi connectivity index (χ3n) is 5.42. The third-order valence-corrected chi connectivity index (χ3v) is 6.40. The van der Waals surface area contributed by atoms with Gasteiger partial charge in [0.25, 0.3) is 5.91 Å². The van der Waals surface area contributed by atoms with Crippen molar-refractivity contribution < 1.29 is 19.1 Å². The number of thiophene rings is 1. The minimum Gasteiger partial charge on any atom is -0.495 e. The first-order valence-corrected chi connectivity index (χ1v) is 10.0. The van der Waals surface area contributed by atoms with Gasteiger partial charge in [0, 0.05) is 10.4 Å². The quantitative estimate of drug-likeness (QED) is 0.774. The molecule has 2 aromatic rings. The summed E-state index contributed by atoms with van der Waals surface area (Å²) >= 11 is 1.60. The second-order valence-electron chi connectivity index (χ2n) is 6.99. The minimum atomic E-state index is -1.05. The fourth-order valence-electron chi connectivity index (χ4n) is 3.96. The molecule has 28 heavy (non-hydrogen) atoms. The number of nitrogens with one attached hydrogen (secondary N) is 2. The lowest BCUT2D eigenvalue weighted by molar-refractivity contribution is -0.137. The Labute approximate surface area is 166 Å². The molecule has 4 rings (SSSR count). The molecule has 1 aliphatic heterocycles. The van der Waals surface area contributed by atoms with Crippen molar-refractivity contribution in [2.75, 3.05) is 12.4 Å². The van der Waals surface area contributed by atoms with Crippen molar-refractivity contribution >= 4 is 34.9 Å². The number of benzene rings is 1. The Balaban J connectivity index is 1.59. The largest absolute Gasteiger partial charge is 0.495 e. The molecule has 8 heteroatoms. The van der Waals surface area contributed by atoms with Crippen LogP contribution in [0.2, 0.25) is 0 Å². The Morgan fingerprint density at radius 3 is 2.89 bits per heavy atom. The van der Waals surface area contributed by atoms with E-state index in [1.807, 2.05) is 11.4 Å². The van der Waals surface area contributed by atoms with E-state index in [0.717, 1.165) is 28.2 Å². The van der Waals surface area contributed by atoms with Crippen molar-refractivity contribution in [3.8, 4) is 5.75 Å². The van der Waals surface area contributed by atoms with E-state index in [0.29, 0.717) is 17.9 Å². The van der Waals surface area contributed by atoms with E-state index in [4.69, 9.17) is 4.74 Å². The zero-order chi connectivity index (χ0) is 19.9. The molecule has 1 fully saturated rings. The molecule has 1 spiro atoms. The molecule has 1 aromatic carbocycles. The number of amides is 4. The summed E-state index contributed by atoms with van der Waals surface area (Å²) in [6.07, 6.45) is 2.26. The summed E-state index contributed by atoms with van der Waals surface area (Å²) in [6.45, 7) is 1.55. The molecule has 0 bridgehead atoms. The number of hydrogen-bond donors (Lipinski definition) is 2. The highest BCUT2D eigenvalue weighted by Crippen LogP contribution is 2.42. The van der Waals surface area contributed by atoms with Crippen LogP contribution in [0.5, 0.6) is 5.75 Å². The smallest absolute Gasteiger partial charge is 0.326 e. The SMILES string of the molecule is COc1ccccc1NC(=O)[C@H](C)N1C(=O)N[C@@]2(CCCc3sccc32)C1=O. The van der Waals surface area contributed by atoms with Crippen LogP contribution in [0.4, 0.5) is 10.5 Å². The number of hydrogen-bond acceptors (Lipinski definition) is 5. The standard InChI is InChI=1S/C20H21N3O4S/c1-12(17(24)21-14-6-3-4-7-15(14)27-2)23-18(25)20(22-19(23)26)10-5-8-16-13(20)9-11-28-16/h3-4,6-7,9,11-12H,5,8,10H2,1-2H3,(H,21,24)(H,22,26)/t12-,20+/m0/s1. The van der Waals surface area contributed by atoms with Gasteiger partial charge in [0.1, 0.15) is 17.3 Å². The van der Waals surface area contributed by atoms with Gasteiger partial charge in [0.05, 0.1) is 12.8 Å². The summed E-state index contributed by atoms with van der Waals surface area (Å²) in [5.74, 6) is -0.308. The Morgan fingerprint density at radius 1 is 1.32 bits per heavy atom. The third kappa shape index (κ3) is 2.75. The van der Waals surface area contributed by atoms with Gasteiger partial charge in [0.2, 0.25) is 5.91 Å². The number of fused-ring (bicyclic) bond motifs is 2. The molecule has 2 N–H and O–H groups in total. The Kier molecular flexibility index (Phi) is 4.58. The fraction of sp³-hybridized carbons (Fsp3) is 0.350. The van der Waals surface area contributed by atoms with Gasteiger partial charge in [-0.3, -0.25) is 9.59 Å². The van der Waals surface area contributed by atoms with Gasteiger partial charge in [-0.15, -0.1) is 11.3 Å². The van der Waals surface area contributed by atoms with E-state index in [2.05, 4.69) is 10.6 Å². The lowest BCUT2D eigenvalue weighted by Gasteiger charge is -2.31. The van der Waals surface area contributed by atoms with Crippen LogP contribution in [0, 0.1) is 0 Å². The number of para-hydroxylation sites is 2. The minimum absolute atomic E-state index is 0.362. The first-order chi connectivity index (χ1) is 13.5. The van der Waals surface area contributed by atoms with Crippen LogP contribution in [0.25, 0.3) is 0 Å². The zero-order valence-electron chi connectivity index (χ0n) is 15.7. The molecule has 7 nitrogen and oxygen atoms in total. The van der Waals surface area contributed by atoms with E-state index in [1.54, 1.807) is 42.5 Å². The van der Waals surface area contributed by atoms with Gasteiger partial charge in [-0.25, -0.2) is 9.69 Å². The molecule has 2 heterocycles. The van der Waals surface area contributed by atoms with E-state index < -0.39 is 23.5 Å². The second kappa shape index (κ2) is 6.94. The molecule has 4 amide bonds. The average Bonchev–Trinajstić information content (AvgIpc) is 3.26. The Bertz CT molecular complexity index is 956. The van der Waals surface area contributed by atoms with Crippen LogP contribution in [-0.4, -0.2) is 35.9 Å². The summed E-state index contributed by atoms with van der Waals surface area (Å²) in [6, 6.07) is 7.40. The number of imide groups is 1. The number of ether oxygens (including phenoxy) is 1. The summed E-state index contributed by atoms with van der Waals surface area (Å²) < 4.78 is 5.24. The highest BCUT2D eigenvalue weighted by molar-refractivity contribution is 7.10. The van der Waals surface area contributed by atoms with Crippen LogP contribution in [0.1, 0.15) is 30.2 Å². The van der Waals surface area contributed by atoms with Crippen molar-refractivity contribution in [2.45, 2.75) is 37.8 Å². The number of anilines is 1. The van der Waals surface area contributed by atoms with Gasteiger partial charge in [0.15, 0.2) is 0 Å². The van der Waals surface area contributed by atoms with Gasteiger partial charge in [-0.2, -0.15) is 0 Å². The summed E-state index contributed by atoms with van der Waals surface area (Å²) in [5.41, 5.74) is 0.298. The van der Waals surface area contributed by atoms with Crippen LogP contribution >= 0.6 is 11.3 Å². The topological polar surface area (TPSA) is 87.7 Å². The first kappa shape index (κ1) is 18.5. The molecule has 2 atom stereocenters. The van der Waals surface area contributed by atoms with E-state index in [-0.39, 0.29) is 5.91 Å². The molecule has 1 saturated heterocycles.